The van der Waals surface area contributed by atoms with Crippen molar-refractivity contribution in [2.75, 3.05) is 20.2 Å². The number of aryl methyl sites for hydroxylation is 1. The zero-order valence-electron chi connectivity index (χ0n) is 14.5. The Bertz CT molecular complexity index is 499. The minimum absolute atomic E-state index is 0. The maximum absolute atomic E-state index is 5.43. The highest BCUT2D eigenvalue weighted by atomic mass is 127. The average molecular weight is 431 g/mol. The molecule has 0 aliphatic heterocycles. The smallest absolute Gasteiger partial charge is 0.191 e. The molecule has 1 aliphatic carbocycles. The lowest BCUT2D eigenvalue weighted by Gasteiger charge is -2.16. The first-order valence-electron chi connectivity index (χ1n) is 8.41. The highest BCUT2D eigenvalue weighted by molar-refractivity contribution is 14.0. The van der Waals surface area contributed by atoms with Crippen LogP contribution < -0.4 is 15.4 Å². The minimum atomic E-state index is 0. The number of hydrogen-bond acceptors (Lipinski definition) is 2. The van der Waals surface area contributed by atoms with E-state index in [1.807, 2.05) is 6.07 Å². The van der Waals surface area contributed by atoms with E-state index in [0.29, 0.717) is 6.04 Å². The van der Waals surface area contributed by atoms with Gasteiger partial charge in [0.1, 0.15) is 5.75 Å². The summed E-state index contributed by atoms with van der Waals surface area (Å²) in [5.41, 5.74) is 2.48. The van der Waals surface area contributed by atoms with Crippen LogP contribution in [-0.4, -0.2) is 32.2 Å². The van der Waals surface area contributed by atoms with E-state index >= 15 is 0 Å². The Hall–Kier alpha value is -0.980. The number of nitrogens with one attached hydrogen (secondary N) is 2. The molecule has 23 heavy (non-hydrogen) atoms. The molecule has 0 atom stereocenters. The number of hydrogen-bond donors (Lipinski definition) is 2. The number of halogens is 1. The van der Waals surface area contributed by atoms with Crippen LogP contribution in [0.15, 0.2) is 23.2 Å². The monoisotopic (exact) mass is 431 g/mol. The van der Waals surface area contributed by atoms with Crippen LogP contribution >= 0.6 is 24.0 Å². The third kappa shape index (κ3) is 6.57. The third-order valence-electron chi connectivity index (χ3n) is 4.13. The van der Waals surface area contributed by atoms with Gasteiger partial charge >= 0.3 is 0 Å². The van der Waals surface area contributed by atoms with Crippen LogP contribution in [0.2, 0.25) is 0 Å². The second kappa shape index (κ2) is 10.7. The maximum atomic E-state index is 5.43. The van der Waals surface area contributed by atoms with Crippen LogP contribution in [0.4, 0.5) is 0 Å². The first-order valence-corrected chi connectivity index (χ1v) is 8.41. The van der Waals surface area contributed by atoms with E-state index in [1.54, 1.807) is 7.11 Å². The van der Waals surface area contributed by atoms with Crippen LogP contribution in [0.5, 0.6) is 5.75 Å². The van der Waals surface area contributed by atoms with Gasteiger partial charge in [0.05, 0.1) is 7.11 Å². The lowest BCUT2D eigenvalue weighted by Crippen LogP contribution is -2.42. The fourth-order valence-corrected chi connectivity index (χ4v) is 2.97. The van der Waals surface area contributed by atoms with E-state index in [2.05, 4.69) is 36.6 Å². The van der Waals surface area contributed by atoms with Crippen molar-refractivity contribution in [3.05, 3.63) is 29.3 Å². The van der Waals surface area contributed by atoms with E-state index < -0.39 is 0 Å². The zero-order chi connectivity index (χ0) is 15.8. The van der Waals surface area contributed by atoms with Crippen molar-refractivity contribution < 1.29 is 4.74 Å². The predicted molar refractivity (Wildman–Crippen MR) is 108 cm³/mol. The van der Waals surface area contributed by atoms with Crippen LogP contribution in [0, 0.1) is 6.92 Å². The van der Waals surface area contributed by atoms with Crippen LogP contribution in [-0.2, 0) is 6.42 Å². The van der Waals surface area contributed by atoms with Gasteiger partial charge in [-0.25, -0.2) is 0 Å². The van der Waals surface area contributed by atoms with Crippen molar-refractivity contribution in [1.29, 1.82) is 0 Å². The summed E-state index contributed by atoms with van der Waals surface area (Å²) in [4.78, 5) is 4.72. The molecule has 1 aromatic rings. The van der Waals surface area contributed by atoms with Gasteiger partial charge in [-0.05, 0) is 44.7 Å². The van der Waals surface area contributed by atoms with Crippen molar-refractivity contribution >= 4 is 29.9 Å². The van der Waals surface area contributed by atoms with Crippen LogP contribution in [0.3, 0.4) is 0 Å². The summed E-state index contributed by atoms with van der Waals surface area (Å²) in [6, 6.07) is 6.89. The Morgan fingerprint density at radius 2 is 2.04 bits per heavy atom. The molecule has 0 spiro atoms. The fraction of sp³-hybridized carbons (Fsp3) is 0.611. The molecule has 0 bridgehead atoms. The standard InChI is InChI=1S/C18H29N3O.HI/c1-4-19-18(21-16-7-5-6-8-16)20-12-11-15-13-14(2)9-10-17(15)22-3;/h9-10,13,16H,4-8,11-12H2,1-3H3,(H2,19,20,21);1H. The van der Waals surface area contributed by atoms with Crippen molar-refractivity contribution in [2.45, 2.75) is 52.0 Å². The maximum Gasteiger partial charge on any atom is 0.191 e. The summed E-state index contributed by atoms with van der Waals surface area (Å²) in [6.07, 6.45) is 6.08. The number of rotatable bonds is 6. The summed E-state index contributed by atoms with van der Waals surface area (Å²) in [7, 11) is 1.73. The van der Waals surface area contributed by atoms with E-state index in [0.717, 1.165) is 31.2 Å². The Balaban J connectivity index is 0.00000264. The third-order valence-corrected chi connectivity index (χ3v) is 4.13. The normalized spacial score (nSPS) is 15.2. The lowest BCUT2D eigenvalue weighted by molar-refractivity contribution is 0.409. The molecule has 5 heteroatoms. The summed E-state index contributed by atoms with van der Waals surface area (Å²) in [5.74, 6) is 1.90. The zero-order valence-corrected chi connectivity index (χ0v) is 16.9. The number of aliphatic imine (C=N–C) groups is 1. The molecule has 0 saturated heterocycles. The Morgan fingerprint density at radius 1 is 1.30 bits per heavy atom. The van der Waals surface area contributed by atoms with Gasteiger partial charge in [-0.3, -0.25) is 4.99 Å². The Labute approximate surface area is 157 Å². The van der Waals surface area contributed by atoms with E-state index in [-0.39, 0.29) is 24.0 Å². The Kier molecular flexibility index (Phi) is 9.36. The molecule has 0 radical (unpaired) electrons. The molecule has 1 fully saturated rings. The van der Waals surface area contributed by atoms with Gasteiger partial charge in [-0.1, -0.05) is 30.5 Å². The average Bonchev–Trinajstić information content (AvgIpc) is 3.00. The van der Waals surface area contributed by atoms with Crippen molar-refractivity contribution in [1.82, 2.24) is 10.6 Å². The quantitative estimate of drug-likeness (QED) is 0.411. The first kappa shape index (κ1) is 20.1. The molecular formula is C18H30IN3O. The van der Waals surface area contributed by atoms with Gasteiger partial charge in [-0.2, -0.15) is 0 Å². The number of guanidine groups is 1. The molecule has 0 unspecified atom stereocenters. The molecule has 0 heterocycles. The summed E-state index contributed by atoms with van der Waals surface area (Å²) >= 11 is 0. The highest BCUT2D eigenvalue weighted by Crippen LogP contribution is 2.20. The number of methoxy groups -OCH3 is 1. The van der Waals surface area contributed by atoms with Gasteiger partial charge in [-0.15, -0.1) is 24.0 Å². The molecule has 130 valence electrons. The molecular weight excluding hydrogens is 401 g/mol. The molecule has 0 aromatic heterocycles. The molecule has 1 saturated carbocycles. The van der Waals surface area contributed by atoms with E-state index in [1.165, 1.54) is 36.8 Å². The van der Waals surface area contributed by atoms with Crippen molar-refractivity contribution in [3.8, 4) is 5.75 Å². The van der Waals surface area contributed by atoms with Crippen LogP contribution in [0.1, 0.15) is 43.7 Å². The number of benzene rings is 1. The molecule has 0 amide bonds. The molecule has 1 aliphatic rings. The lowest BCUT2D eigenvalue weighted by atomic mass is 10.1. The predicted octanol–water partition coefficient (Wildman–Crippen LogP) is 3.66. The van der Waals surface area contributed by atoms with Gasteiger partial charge in [0.15, 0.2) is 5.96 Å². The number of ether oxygens (including phenoxy) is 1. The second-order valence-corrected chi connectivity index (χ2v) is 5.95. The van der Waals surface area contributed by atoms with Crippen molar-refractivity contribution in [2.24, 2.45) is 4.99 Å². The largest absolute Gasteiger partial charge is 0.496 e. The summed E-state index contributed by atoms with van der Waals surface area (Å²) in [6.45, 7) is 5.88. The van der Waals surface area contributed by atoms with Gasteiger partial charge in [0.2, 0.25) is 0 Å². The molecule has 4 nitrogen and oxygen atoms in total. The van der Waals surface area contributed by atoms with E-state index in [4.69, 9.17) is 9.73 Å². The van der Waals surface area contributed by atoms with E-state index in [9.17, 15) is 0 Å². The van der Waals surface area contributed by atoms with Crippen molar-refractivity contribution in [3.63, 3.8) is 0 Å². The summed E-state index contributed by atoms with van der Waals surface area (Å²) in [5, 5.41) is 6.89. The number of nitrogens with zero attached hydrogens (tertiary/aromatic N) is 1. The van der Waals surface area contributed by atoms with Crippen LogP contribution in [0.25, 0.3) is 0 Å². The minimum Gasteiger partial charge on any atom is -0.496 e. The SMILES string of the molecule is CCNC(=NCCc1cc(C)ccc1OC)NC1CCCC1.I. The van der Waals surface area contributed by atoms with Gasteiger partial charge in [0.25, 0.3) is 0 Å². The fourth-order valence-electron chi connectivity index (χ4n) is 2.97. The topological polar surface area (TPSA) is 45.7 Å². The molecule has 1 aromatic carbocycles. The van der Waals surface area contributed by atoms with Gasteiger partial charge in [0, 0.05) is 19.1 Å². The van der Waals surface area contributed by atoms with Gasteiger partial charge < -0.3 is 15.4 Å². The second-order valence-electron chi connectivity index (χ2n) is 5.95. The highest BCUT2D eigenvalue weighted by Gasteiger charge is 2.15. The summed E-state index contributed by atoms with van der Waals surface area (Å²) < 4.78 is 5.43. The first-order chi connectivity index (χ1) is 10.7. The Morgan fingerprint density at radius 3 is 2.70 bits per heavy atom. The molecule has 2 N–H and O–H groups in total. The molecule has 2 rings (SSSR count).